The predicted molar refractivity (Wildman–Crippen MR) is 105 cm³/mol. The highest BCUT2D eigenvalue weighted by atomic mass is 32.2. The van der Waals surface area contributed by atoms with E-state index in [1.165, 1.54) is 22.2 Å². The molecule has 3 heterocycles. The van der Waals surface area contributed by atoms with Crippen LogP contribution in [0.4, 0.5) is 0 Å². The van der Waals surface area contributed by atoms with E-state index in [1.807, 2.05) is 0 Å². The zero-order valence-corrected chi connectivity index (χ0v) is 16.5. The maximum absolute atomic E-state index is 13.3. The van der Waals surface area contributed by atoms with E-state index in [0.717, 1.165) is 35.9 Å². The molecule has 0 atom stereocenters. The van der Waals surface area contributed by atoms with Gasteiger partial charge in [0, 0.05) is 31.3 Å². The fraction of sp³-hybridized carbons (Fsp3) is 0.368. The Labute approximate surface area is 164 Å². The Morgan fingerprint density at radius 2 is 2.33 bits per heavy atom. The Morgan fingerprint density at radius 1 is 1.44 bits per heavy atom. The second-order valence-electron chi connectivity index (χ2n) is 6.30. The number of pyridine rings is 1. The van der Waals surface area contributed by atoms with Gasteiger partial charge in [0.2, 0.25) is 0 Å². The average Bonchev–Trinajstić information content (AvgIpc) is 3.25. The summed E-state index contributed by atoms with van der Waals surface area (Å²) in [7, 11) is 1.65. The fourth-order valence-corrected chi connectivity index (χ4v) is 5.59. The first kappa shape index (κ1) is 18.2. The van der Waals surface area contributed by atoms with Gasteiger partial charge in [-0.1, -0.05) is 0 Å². The summed E-state index contributed by atoms with van der Waals surface area (Å²) in [6.45, 7) is 1.10. The molecule has 138 valence electrons. The third-order valence-corrected chi connectivity index (χ3v) is 6.80. The van der Waals surface area contributed by atoms with Crippen molar-refractivity contribution in [2.45, 2.75) is 42.4 Å². The normalized spacial score (nSPS) is 13.0. The van der Waals surface area contributed by atoms with Gasteiger partial charge in [0.15, 0.2) is 5.16 Å². The first-order valence-electron chi connectivity index (χ1n) is 8.80. The molecule has 0 spiro atoms. The Balaban J connectivity index is 1.84. The number of aromatic nitrogens is 3. The lowest BCUT2D eigenvalue weighted by molar-refractivity contribution is 0.189. The molecule has 0 bridgehead atoms. The summed E-state index contributed by atoms with van der Waals surface area (Å²) < 4.78 is 6.86. The molecule has 0 aliphatic heterocycles. The van der Waals surface area contributed by atoms with Gasteiger partial charge in [-0.25, -0.2) is 9.97 Å². The summed E-state index contributed by atoms with van der Waals surface area (Å²) in [5.41, 5.74) is 1.67. The van der Waals surface area contributed by atoms with Crippen LogP contribution in [0.1, 0.15) is 28.8 Å². The number of ether oxygens (including phenoxy) is 1. The molecule has 0 saturated heterocycles. The molecule has 0 aromatic carbocycles. The van der Waals surface area contributed by atoms with E-state index in [1.54, 1.807) is 41.3 Å². The summed E-state index contributed by atoms with van der Waals surface area (Å²) in [6.07, 6.45) is 5.46. The quantitative estimate of drug-likeness (QED) is 0.468. The molecular weight excluding hydrogens is 380 g/mol. The van der Waals surface area contributed by atoms with Crippen molar-refractivity contribution in [3.63, 3.8) is 0 Å². The largest absolute Gasteiger partial charge is 0.385 e. The van der Waals surface area contributed by atoms with Crippen molar-refractivity contribution in [2.75, 3.05) is 13.7 Å². The van der Waals surface area contributed by atoms with Crippen LogP contribution in [-0.4, -0.2) is 28.3 Å². The minimum Gasteiger partial charge on any atom is -0.385 e. The molecule has 0 amide bonds. The van der Waals surface area contributed by atoms with Crippen molar-refractivity contribution in [3.05, 3.63) is 44.7 Å². The van der Waals surface area contributed by atoms with Gasteiger partial charge >= 0.3 is 0 Å². The van der Waals surface area contributed by atoms with Gasteiger partial charge in [0.1, 0.15) is 15.9 Å². The van der Waals surface area contributed by atoms with Crippen LogP contribution in [0.2, 0.25) is 0 Å². The molecule has 3 aromatic heterocycles. The van der Waals surface area contributed by atoms with Crippen molar-refractivity contribution >= 4 is 33.3 Å². The zero-order valence-electron chi connectivity index (χ0n) is 14.9. The van der Waals surface area contributed by atoms with Crippen LogP contribution in [0.3, 0.4) is 0 Å². The minimum atomic E-state index is 0.00689. The van der Waals surface area contributed by atoms with Crippen LogP contribution in [0, 0.1) is 11.3 Å². The molecule has 8 heteroatoms. The molecule has 3 aromatic rings. The topological polar surface area (TPSA) is 80.8 Å². The number of nitriles is 1. The summed E-state index contributed by atoms with van der Waals surface area (Å²) >= 11 is 2.90. The van der Waals surface area contributed by atoms with Crippen LogP contribution >= 0.6 is 23.1 Å². The highest BCUT2D eigenvalue weighted by Crippen LogP contribution is 2.36. The summed E-state index contributed by atoms with van der Waals surface area (Å²) in [5, 5.41) is 11.3. The molecule has 0 unspecified atom stereocenters. The number of nitrogens with zero attached hydrogens (tertiary/aromatic N) is 4. The number of fused-ring (bicyclic) bond motifs is 3. The third-order valence-electron chi connectivity index (χ3n) is 4.60. The van der Waals surface area contributed by atoms with E-state index in [9.17, 15) is 10.1 Å². The van der Waals surface area contributed by atoms with Crippen LogP contribution in [0.5, 0.6) is 0 Å². The molecule has 0 N–H and O–H groups in total. The standard InChI is InChI=1S/C19H18N4O2S2/c1-25-10-4-9-23-18(24)15-13-6-2-7-14(13)26-17(15)22-19(23)27-16-12(11-20)5-3-8-21-16/h3,5,8H,2,4,6-7,9-10H2,1H3. The van der Waals surface area contributed by atoms with Gasteiger partial charge in [-0.15, -0.1) is 11.3 Å². The second-order valence-corrected chi connectivity index (χ2v) is 8.34. The Hall–Kier alpha value is -2.21. The number of rotatable bonds is 6. The average molecular weight is 399 g/mol. The van der Waals surface area contributed by atoms with Crippen molar-refractivity contribution in [1.29, 1.82) is 5.26 Å². The lowest BCUT2D eigenvalue weighted by Gasteiger charge is -2.12. The summed E-state index contributed by atoms with van der Waals surface area (Å²) in [5.74, 6) is 0. The zero-order chi connectivity index (χ0) is 18.8. The number of aryl methyl sites for hydroxylation is 2. The van der Waals surface area contributed by atoms with Gasteiger partial charge in [-0.3, -0.25) is 9.36 Å². The predicted octanol–water partition coefficient (Wildman–Crippen LogP) is 3.40. The van der Waals surface area contributed by atoms with Gasteiger partial charge in [-0.05, 0) is 55.1 Å². The van der Waals surface area contributed by atoms with E-state index < -0.39 is 0 Å². The smallest absolute Gasteiger partial charge is 0.263 e. The first-order valence-corrected chi connectivity index (χ1v) is 10.4. The molecule has 4 rings (SSSR count). The lowest BCUT2D eigenvalue weighted by atomic mass is 10.2. The van der Waals surface area contributed by atoms with E-state index in [4.69, 9.17) is 9.72 Å². The van der Waals surface area contributed by atoms with Crippen LogP contribution in [0.15, 0.2) is 33.3 Å². The first-order chi connectivity index (χ1) is 13.2. The van der Waals surface area contributed by atoms with Gasteiger partial charge in [0.05, 0.1) is 10.9 Å². The molecule has 27 heavy (non-hydrogen) atoms. The monoisotopic (exact) mass is 398 g/mol. The number of methoxy groups -OCH3 is 1. The Morgan fingerprint density at radius 3 is 3.15 bits per heavy atom. The molecule has 0 saturated carbocycles. The molecule has 0 radical (unpaired) electrons. The van der Waals surface area contributed by atoms with E-state index in [2.05, 4.69) is 11.1 Å². The van der Waals surface area contributed by atoms with E-state index in [0.29, 0.717) is 28.9 Å². The van der Waals surface area contributed by atoms with Crippen LogP contribution in [0.25, 0.3) is 10.2 Å². The van der Waals surface area contributed by atoms with Gasteiger partial charge in [-0.2, -0.15) is 5.26 Å². The Bertz CT molecular complexity index is 1100. The van der Waals surface area contributed by atoms with Crippen molar-refractivity contribution in [1.82, 2.24) is 14.5 Å². The molecule has 6 nitrogen and oxygen atoms in total. The summed E-state index contributed by atoms with van der Waals surface area (Å²) in [4.78, 5) is 24.5. The van der Waals surface area contributed by atoms with Crippen molar-refractivity contribution in [3.8, 4) is 6.07 Å². The number of thiophene rings is 1. The van der Waals surface area contributed by atoms with Gasteiger partial charge < -0.3 is 4.74 Å². The fourth-order valence-electron chi connectivity index (χ4n) is 3.34. The lowest BCUT2D eigenvalue weighted by Crippen LogP contribution is -2.24. The highest BCUT2D eigenvalue weighted by Gasteiger charge is 2.23. The van der Waals surface area contributed by atoms with Gasteiger partial charge in [0.25, 0.3) is 5.56 Å². The number of hydrogen-bond donors (Lipinski definition) is 0. The number of hydrogen-bond acceptors (Lipinski definition) is 7. The second kappa shape index (κ2) is 7.80. The van der Waals surface area contributed by atoms with Crippen LogP contribution < -0.4 is 5.56 Å². The Kier molecular flexibility index (Phi) is 5.25. The van der Waals surface area contributed by atoms with Crippen molar-refractivity contribution in [2.24, 2.45) is 0 Å². The third kappa shape index (κ3) is 3.38. The maximum Gasteiger partial charge on any atom is 0.263 e. The SMILES string of the molecule is COCCCn1c(Sc2ncccc2C#N)nc2sc3c(c2c1=O)CCC3. The van der Waals surface area contributed by atoms with E-state index in [-0.39, 0.29) is 5.56 Å². The molecule has 0 fully saturated rings. The molecular formula is C19H18N4O2S2. The highest BCUT2D eigenvalue weighted by molar-refractivity contribution is 7.99. The van der Waals surface area contributed by atoms with Crippen molar-refractivity contribution < 1.29 is 4.74 Å². The maximum atomic E-state index is 13.3. The summed E-state index contributed by atoms with van der Waals surface area (Å²) in [6, 6.07) is 5.61. The minimum absolute atomic E-state index is 0.00689. The van der Waals surface area contributed by atoms with Crippen LogP contribution in [-0.2, 0) is 24.1 Å². The van der Waals surface area contributed by atoms with E-state index >= 15 is 0 Å². The molecule has 1 aliphatic carbocycles. The molecule has 1 aliphatic rings.